The van der Waals surface area contributed by atoms with E-state index in [9.17, 15) is 0 Å². The summed E-state index contributed by atoms with van der Waals surface area (Å²) in [7, 11) is 0. The molecule has 4 nitrogen and oxygen atoms in total. The highest BCUT2D eigenvalue weighted by Gasteiger charge is 2.25. The van der Waals surface area contributed by atoms with Gasteiger partial charge in [0, 0.05) is 11.5 Å². The normalized spacial score (nSPS) is 28.6. The minimum absolute atomic E-state index is 0.206. The first-order valence-electron chi connectivity index (χ1n) is 8.08. The van der Waals surface area contributed by atoms with E-state index in [-0.39, 0.29) is 5.41 Å². The molecule has 4 heteroatoms. The van der Waals surface area contributed by atoms with Crippen LogP contribution in [0.3, 0.4) is 0 Å². The Balaban J connectivity index is 2.16. The van der Waals surface area contributed by atoms with E-state index < -0.39 is 0 Å². The van der Waals surface area contributed by atoms with E-state index >= 15 is 0 Å². The number of oxime groups is 1. The van der Waals surface area contributed by atoms with Crippen LogP contribution < -0.4 is 11.1 Å². The fourth-order valence-electron chi connectivity index (χ4n) is 3.21. The van der Waals surface area contributed by atoms with Crippen LogP contribution in [0, 0.1) is 17.3 Å². The van der Waals surface area contributed by atoms with Crippen molar-refractivity contribution in [3.63, 3.8) is 0 Å². The molecule has 0 amide bonds. The molecule has 0 aromatic heterocycles. The Morgan fingerprint density at radius 3 is 2.60 bits per heavy atom. The lowest BCUT2D eigenvalue weighted by atomic mass is 9.80. The van der Waals surface area contributed by atoms with Crippen LogP contribution in [0.4, 0.5) is 0 Å². The predicted octanol–water partition coefficient (Wildman–Crippen LogP) is 3.34. The molecule has 1 aliphatic carbocycles. The van der Waals surface area contributed by atoms with E-state index in [0.29, 0.717) is 11.9 Å². The van der Waals surface area contributed by atoms with Gasteiger partial charge in [0.05, 0.1) is 0 Å². The summed E-state index contributed by atoms with van der Waals surface area (Å²) >= 11 is 0. The van der Waals surface area contributed by atoms with Gasteiger partial charge in [-0.25, -0.2) is 0 Å². The Kier molecular flexibility index (Phi) is 6.80. The Hall–Kier alpha value is -0.770. The lowest BCUT2D eigenvalue weighted by Crippen LogP contribution is -2.39. The third kappa shape index (κ3) is 5.31. The number of amidine groups is 1. The Labute approximate surface area is 124 Å². The maximum Gasteiger partial charge on any atom is 0.144 e. The molecular formula is C16H33N3O. The van der Waals surface area contributed by atoms with Crippen molar-refractivity contribution in [2.75, 3.05) is 6.54 Å². The number of unbranched alkanes of at least 4 members (excludes halogenated alkanes) is 1. The fraction of sp³-hybridized carbons (Fsp3) is 0.938. The Bertz CT molecular complexity index is 315. The molecule has 4 N–H and O–H groups in total. The summed E-state index contributed by atoms with van der Waals surface area (Å²) in [6, 6.07) is 0.697. The summed E-state index contributed by atoms with van der Waals surface area (Å²) in [4.78, 5) is 0. The molecule has 118 valence electrons. The van der Waals surface area contributed by atoms with Crippen molar-refractivity contribution in [2.24, 2.45) is 28.1 Å². The molecule has 0 radical (unpaired) electrons. The molecule has 3 unspecified atom stereocenters. The summed E-state index contributed by atoms with van der Waals surface area (Å²) in [5, 5.41) is 15.6. The molecule has 0 heterocycles. The topological polar surface area (TPSA) is 70.6 Å². The summed E-state index contributed by atoms with van der Waals surface area (Å²) in [6.07, 6.45) is 7.25. The van der Waals surface area contributed by atoms with Gasteiger partial charge in [0.1, 0.15) is 5.84 Å². The van der Waals surface area contributed by atoms with Crippen molar-refractivity contribution in [1.82, 2.24) is 5.32 Å². The monoisotopic (exact) mass is 283 g/mol. The van der Waals surface area contributed by atoms with Gasteiger partial charge in [-0.1, -0.05) is 39.3 Å². The number of hydrogen-bond donors (Lipinski definition) is 3. The van der Waals surface area contributed by atoms with Gasteiger partial charge in [-0.05, 0) is 50.5 Å². The van der Waals surface area contributed by atoms with E-state index in [1.807, 2.05) is 13.8 Å². The van der Waals surface area contributed by atoms with Crippen LogP contribution in [0.5, 0.6) is 0 Å². The van der Waals surface area contributed by atoms with Crippen LogP contribution in [-0.4, -0.2) is 23.6 Å². The van der Waals surface area contributed by atoms with Crippen molar-refractivity contribution in [3.05, 3.63) is 0 Å². The third-order valence-electron chi connectivity index (χ3n) is 4.87. The number of rotatable bonds is 7. The van der Waals surface area contributed by atoms with Crippen molar-refractivity contribution in [3.8, 4) is 0 Å². The summed E-state index contributed by atoms with van der Waals surface area (Å²) in [5.74, 6) is 2.03. The van der Waals surface area contributed by atoms with Crippen molar-refractivity contribution in [2.45, 2.75) is 72.3 Å². The molecule has 1 aliphatic rings. The van der Waals surface area contributed by atoms with Gasteiger partial charge in [0.25, 0.3) is 0 Å². The number of hydrogen-bond acceptors (Lipinski definition) is 3. The van der Waals surface area contributed by atoms with Gasteiger partial charge in [-0.2, -0.15) is 0 Å². The van der Waals surface area contributed by atoms with Crippen LogP contribution >= 0.6 is 0 Å². The van der Waals surface area contributed by atoms with Crippen LogP contribution in [0.15, 0.2) is 5.16 Å². The van der Waals surface area contributed by atoms with Gasteiger partial charge >= 0.3 is 0 Å². The molecule has 1 rings (SSSR count). The second-order valence-electron chi connectivity index (χ2n) is 7.28. The molecule has 20 heavy (non-hydrogen) atoms. The zero-order valence-electron chi connectivity index (χ0n) is 13.7. The van der Waals surface area contributed by atoms with E-state index in [2.05, 4.69) is 24.3 Å². The second-order valence-corrected chi connectivity index (χ2v) is 7.28. The smallest absolute Gasteiger partial charge is 0.144 e. The molecule has 0 spiro atoms. The molecule has 1 saturated carbocycles. The quantitative estimate of drug-likeness (QED) is 0.221. The zero-order chi connectivity index (χ0) is 15.2. The predicted molar refractivity (Wildman–Crippen MR) is 85.0 cm³/mol. The highest BCUT2D eigenvalue weighted by molar-refractivity contribution is 5.85. The first-order valence-corrected chi connectivity index (χ1v) is 8.08. The minimum atomic E-state index is -0.206. The molecular weight excluding hydrogens is 250 g/mol. The first kappa shape index (κ1) is 17.3. The maximum atomic E-state index is 8.74. The summed E-state index contributed by atoms with van der Waals surface area (Å²) in [5.41, 5.74) is 5.49. The van der Waals surface area contributed by atoms with E-state index in [1.54, 1.807) is 0 Å². The van der Waals surface area contributed by atoms with E-state index in [0.717, 1.165) is 37.6 Å². The highest BCUT2D eigenvalue weighted by atomic mass is 16.4. The highest BCUT2D eigenvalue weighted by Crippen LogP contribution is 2.28. The molecule has 3 atom stereocenters. The largest absolute Gasteiger partial charge is 0.409 e. The summed E-state index contributed by atoms with van der Waals surface area (Å²) < 4.78 is 0. The fourth-order valence-corrected chi connectivity index (χ4v) is 3.21. The lowest BCUT2D eigenvalue weighted by molar-refractivity contribution is 0.227. The third-order valence-corrected chi connectivity index (χ3v) is 4.87. The number of nitrogens with one attached hydrogen (secondary N) is 1. The van der Waals surface area contributed by atoms with Crippen LogP contribution in [0.2, 0.25) is 0 Å². The van der Waals surface area contributed by atoms with Gasteiger partial charge in [0.2, 0.25) is 0 Å². The van der Waals surface area contributed by atoms with Gasteiger partial charge < -0.3 is 16.3 Å². The van der Waals surface area contributed by atoms with Crippen molar-refractivity contribution >= 4 is 5.84 Å². The molecule has 0 aliphatic heterocycles. The second kappa shape index (κ2) is 7.87. The van der Waals surface area contributed by atoms with Gasteiger partial charge in [-0.15, -0.1) is 0 Å². The van der Waals surface area contributed by atoms with Crippen LogP contribution in [0.1, 0.15) is 66.2 Å². The van der Waals surface area contributed by atoms with Gasteiger partial charge in [-0.3, -0.25) is 0 Å². The average Bonchev–Trinajstić information content (AvgIpc) is 2.39. The van der Waals surface area contributed by atoms with Crippen LogP contribution in [-0.2, 0) is 0 Å². The van der Waals surface area contributed by atoms with Crippen molar-refractivity contribution < 1.29 is 5.21 Å². The Morgan fingerprint density at radius 1 is 1.30 bits per heavy atom. The van der Waals surface area contributed by atoms with Crippen LogP contribution in [0.25, 0.3) is 0 Å². The zero-order valence-corrected chi connectivity index (χ0v) is 13.7. The first-order chi connectivity index (χ1) is 9.36. The molecule has 0 bridgehead atoms. The molecule has 0 aromatic rings. The summed E-state index contributed by atoms with van der Waals surface area (Å²) in [6.45, 7) is 9.87. The SMILES string of the molecule is CC1CCC(NCCCCC(C)(C)C(N)=NO)C(C)C1. The maximum absolute atomic E-state index is 8.74. The Morgan fingerprint density at radius 2 is 2.00 bits per heavy atom. The minimum Gasteiger partial charge on any atom is -0.409 e. The number of nitrogens with zero attached hydrogens (tertiary/aromatic N) is 1. The molecule has 0 saturated heterocycles. The van der Waals surface area contributed by atoms with E-state index in [4.69, 9.17) is 10.9 Å². The molecule has 0 aromatic carbocycles. The molecule has 1 fully saturated rings. The lowest BCUT2D eigenvalue weighted by Gasteiger charge is -2.33. The van der Waals surface area contributed by atoms with Crippen molar-refractivity contribution in [1.29, 1.82) is 0 Å². The average molecular weight is 283 g/mol. The van der Waals surface area contributed by atoms with E-state index in [1.165, 1.54) is 19.3 Å². The van der Waals surface area contributed by atoms with Gasteiger partial charge in [0.15, 0.2) is 0 Å². The number of nitrogens with two attached hydrogens (primary N) is 1. The standard InChI is InChI=1S/C16H33N3O/c1-12-7-8-14(13(2)11-12)18-10-6-5-9-16(3,4)15(17)19-20/h12-14,18,20H,5-11H2,1-4H3,(H2,17,19).